The number of hydrogen-bond acceptors (Lipinski definition) is 5. The van der Waals surface area contributed by atoms with Crippen molar-refractivity contribution >= 4 is 40.6 Å². The van der Waals surface area contributed by atoms with E-state index in [1.54, 1.807) is 19.1 Å². The number of H-pyrrole nitrogens is 1. The van der Waals surface area contributed by atoms with Crippen LogP contribution in [0.15, 0.2) is 27.8 Å². The molecular formula is C21H28Cl2N4O4. The van der Waals surface area contributed by atoms with Crippen LogP contribution >= 0.6 is 23.2 Å². The van der Waals surface area contributed by atoms with Crippen molar-refractivity contribution in [1.82, 2.24) is 9.55 Å². The third kappa shape index (κ3) is 6.04. The number of rotatable bonds is 8. The Morgan fingerprint density at radius 1 is 1.16 bits per heavy atom. The molecule has 3 N–H and O–H groups in total. The molecule has 1 aromatic heterocycles. The van der Waals surface area contributed by atoms with Gasteiger partial charge in [0.2, 0.25) is 0 Å². The first-order valence-electron chi connectivity index (χ1n) is 9.98. The Kier molecular flexibility index (Phi) is 8.20. The molecule has 0 spiro atoms. The van der Waals surface area contributed by atoms with Crippen LogP contribution < -0.4 is 26.6 Å². The van der Waals surface area contributed by atoms with Crippen molar-refractivity contribution in [2.45, 2.75) is 47.3 Å². The summed E-state index contributed by atoms with van der Waals surface area (Å²) in [5.41, 5.74) is 4.80. The average molecular weight is 471 g/mol. The summed E-state index contributed by atoms with van der Waals surface area (Å²) in [4.78, 5) is 41.8. The van der Waals surface area contributed by atoms with Crippen LogP contribution in [0.3, 0.4) is 0 Å². The van der Waals surface area contributed by atoms with Gasteiger partial charge in [0.15, 0.2) is 11.8 Å². The lowest BCUT2D eigenvalue weighted by Gasteiger charge is -2.29. The topological polar surface area (TPSA) is 110 Å². The van der Waals surface area contributed by atoms with Crippen LogP contribution in [0.1, 0.15) is 34.6 Å². The summed E-state index contributed by atoms with van der Waals surface area (Å²) in [6.07, 6.45) is -0.985. The summed E-state index contributed by atoms with van der Waals surface area (Å²) in [5.74, 6) is -0.162. The van der Waals surface area contributed by atoms with E-state index in [1.807, 2.05) is 27.7 Å². The summed E-state index contributed by atoms with van der Waals surface area (Å²) < 4.78 is 7.01. The van der Waals surface area contributed by atoms with Gasteiger partial charge in [-0.15, -0.1) is 0 Å². The molecule has 0 aliphatic heterocycles. The number of aromatic nitrogens is 2. The first-order chi connectivity index (χ1) is 14.4. The molecule has 0 saturated heterocycles. The summed E-state index contributed by atoms with van der Waals surface area (Å²) in [7, 11) is 0. The Hall–Kier alpha value is -2.45. The van der Waals surface area contributed by atoms with Crippen molar-refractivity contribution in [2.75, 3.05) is 17.2 Å². The molecule has 1 heterocycles. The van der Waals surface area contributed by atoms with E-state index in [1.165, 1.54) is 15.5 Å². The number of nitrogen functional groups attached to an aromatic ring is 1. The maximum Gasteiger partial charge on any atom is 0.330 e. The molecule has 1 atom stereocenters. The first kappa shape index (κ1) is 24.8. The van der Waals surface area contributed by atoms with E-state index in [4.69, 9.17) is 33.7 Å². The summed E-state index contributed by atoms with van der Waals surface area (Å²) in [6.45, 7) is 9.68. The van der Waals surface area contributed by atoms with Gasteiger partial charge in [0, 0.05) is 18.1 Å². The molecule has 0 radical (unpaired) electrons. The molecule has 0 bridgehead atoms. The highest BCUT2D eigenvalue weighted by Crippen LogP contribution is 2.29. The zero-order chi connectivity index (χ0) is 23.5. The molecule has 31 heavy (non-hydrogen) atoms. The van der Waals surface area contributed by atoms with Crippen molar-refractivity contribution in [1.29, 1.82) is 0 Å². The largest absolute Gasteiger partial charge is 0.479 e. The molecule has 1 aromatic carbocycles. The maximum atomic E-state index is 13.3. The number of ether oxygens (including phenoxy) is 1. The third-order valence-electron chi connectivity index (χ3n) is 4.39. The van der Waals surface area contributed by atoms with Crippen molar-refractivity contribution < 1.29 is 9.53 Å². The molecule has 170 valence electrons. The molecule has 1 amide bonds. The Bertz CT molecular complexity index is 1060. The third-order valence-corrected chi connectivity index (χ3v) is 4.92. The quantitative estimate of drug-likeness (QED) is 0.612. The van der Waals surface area contributed by atoms with Crippen molar-refractivity contribution in [3.8, 4) is 5.75 Å². The van der Waals surface area contributed by atoms with Crippen LogP contribution in [0.5, 0.6) is 5.75 Å². The molecule has 0 saturated carbocycles. The SMILES string of the molecule is CC(C)CN(C(=O)C(C)Oc1ccc(Cl)cc1Cl)c1c(N)n(CC(C)C)c(=O)[nH]c1=O. The van der Waals surface area contributed by atoms with Gasteiger partial charge in [-0.05, 0) is 37.0 Å². The van der Waals surface area contributed by atoms with Crippen LogP contribution in [0, 0.1) is 11.8 Å². The number of hydrogen-bond donors (Lipinski definition) is 2. The van der Waals surface area contributed by atoms with E-state index < -0.39 is 23.3 Å². The van der Waals surface area contributed by atoms with Gasteiger partial charge in [0.1, 0.15) is 11.6 Å². The van der Waals surface area contributed by atoms with Crippen molar-refractivity contribution in [3.05, 3.63) is 49.1 Å². The highest BCUT2D eigenvalue weighted by Gasteiger charge is 2.29. The second-order valence-corrected chi connectivity index (χ2v) is 9.02. The molecule has 0 fully saturated rings. The Balaban J connectivity index is 2.49. The molecule has 8 nitrogen and oxygen atoms in total. The number of benzene rings is 1. The molecule has 10 heteroatoms. The van der Waals surface area contributed by atoms with Gasteiger partial charge in [-0.1, -0.05) is 50.9 Å². The van der Waals surface area contributed by atoms with Gasteiger partial charge in [-0.2, -0.15) is 0 Å². The molecule has 2 rings (SSSR count). The summed E-state index contributed by atoms with van der Waals surface area (Å²) in [6, 6.07) is 4.66. The molecule has 1 unspecified atom stereocenters. The number of nitrogens with one attached hydrogen (secondary N) is 1. The smallest absolute Gasteiger partial charge is 0.330 e. The number of nitrogens with zero attached hydrogens (tertiary/aromatic N) is 2. The molecule has 0 aliphatic rings. The predicted octanol–water partition coefficient (Wildman–Crippen LogP) is 3.54. The van der Waals surface area contributed by atoms with Crippen LogP contribution in [0.4, 0.5) is 11.5 Å². The number of aromatic amines is 1. The highest BCUT2D eigenvalue weighted by atomic mass is 35.5. The van der Waals surface area contributed by atoms with Crippen LogP contribution in [0.2, 0.25) is 10.0 Å². The monoisotopic (exact) mass is 470 g/mol. The fourth-order valence-electron chi connectivity index (χ4n) is 3.07. The number of carbonyl (C=O) groups is 1. The van der Waals surface area contributed by atoms with Crippen LogP contribution in [-0.2, 0) is 11.3 Å². The lowest BCUT2D eigenvalue weighted by molar-refractivity contribution is -0.124. The lowest BCUT2D eigenvalue weighted by atomic mass is 10.1. The number of anilines is 2. The predicted molar refractivity (Wildman–Crippen MR) is 124 cm³/mol. The van der Waals surface area contributed by atoms with Crippen molar-refractivity contribution in [2.24, 2.45) is 11.8 Å². The van der Waals surface area contributed by atoms with E-state index >= 15 is 0 Å². The van der Waals surface area contributed by atoms with Gasteiger partial charge in [0.05, 0.1) is 5.02 Å². The number of halogens is 2. The van der Waals surface area contributed by atoms with Crippen molar-refractivity contribution in [3.63, 3.8) is 0 Å². The van der Waals surface area contributed by atoms with Crippen LogP contribution in [-0.4, -0.2) is 28.1 Å². The fraction of sp³-hybridized carbons (Fsp3) is 0.476. The minimum Gasteiger partial charge on any atom is -0.479 e. The van der Waals surface area contributed by atoms with Gasteiger partial charge in [-0.3, -0.25) is 19.1 Å². The first-order valence-corrected chi connectivity index (χ1v) is 10.7. The zero-order valence-corrected chi connectivity index (χ0v) is 19.8. The zero-order valence-electron chi connectivity index (χ0n) is 18.2. The second-order valence-electron chi connectivity index (χ2n) is 8.18. The molecular weight excluding hydrogens is 443 g/mol. The number of nitrogens with two attached hydrogens (primary N) is 1. The van der Waals surface area contributed by atoms with Gasteiger partial charge >= 0.3 is 5.69 Å². The van der Waals surface area contributed by atoms with Gasteiger partial charge in [-0.25, -0.2) is 4.79 Å². The lowest BCUT2D eigenvalue weighted by Crippen LogP contribution is -2.47. The summed E-state index contributed by atoms with van der Waals surface area (Å²) in [5, 5.41) is 0.690. The number of carbonyl (C=O) groups excluding carboxylic acids is 1. The standard InChI is InChI=1S/C21H28Cl2N4O4/c1-11(2)9-26(17-18(24)27(10-12(3)4)21(30)25-19(17)28)20(29)13(5)31-16-7-6-14(22)8-15(16)23/h6-8,11-13H,9-10,24H2,1-5H3,(H,25,28,30). The Labute approximate surface area is 190 Å². The highest BCUT2D eigenvalue weighted by molar-refractivity contribution is 6.35. The van der Waals surface area contributed by atoms with E-state index in [9.17, 15) is 14.4 Å². The summed E-state index contributed by atoms with van der Waals surface area (Å²) >= 11 is 12.1. The van der Waals surface area contributed by atoms with E-state index in [0.717, 1.165) is 0 Å². The van der Waals surface area contributed by atoms with E-state index in [0.29, 0.717) is 11.6 Å². The van der Waals surface area contributed by atoms with Gasteiger partial charge < -0.3 is 15.4 Å². The number of amides is 1. The molecule has 0 aliphatic carbocycles. The van der Waals surface area contributed by atoms with E-state index in [-0.39, 0.29) is 40.7 Å². The minimum atomic E-state index is -0.985. The second kappa shape index (κ2) is 10.2. The van der Waals surface area contributed by atoms with Crippen LogP contribution in [0.25, 0.3) is 0 Å². The average Bonchev–Trinajstić information content (AvgIpc) is 2.65. The maximum absolute atomic E-state index is 13.3. The molecule has 2 aromatic rings. The Morgan fingerprint density at radius 2 is 1.81 bits per heavy atom. The Morgan fingerprint density at radius 3 is 2.35 bits per heavy atom. The van der Waals surface area contributed by atoms with Gasteiger partial charge in [0.25, 0.3) is 11.5 Å². The fourth-order valence-corrected chi connectivity index (χ4v) is 3.53. The van der Waals surface area contributed by atoms with E-state index in [2.05, 4.69) is 4.98 Å². The minimum absolute atomic E-state index is 0.0135. The normalized spacial score (nSPS) is 12.3.